The van der Waals surface area contributed by atoms with Gasteiger partial charge in [-0.1, -0.05) is 20.8 Å². The van der Waals surface area contributed by atoms with Gasteiger partial charge in [0, 0.05) is 15.8 Å². The predicted octanol–water partition coefficient (Wildman–Crippen LogP) is 3.03. The topological polar surface area (TPSA) is 37.3 Å². The highest BCUT2D eigenvalue weighted by Crippen LogP contribution is 2.26. The molecule has 2 nitrogen and oxygen atoms in total. The molecule has 1 aromatic rings. The van der Waals surface area contributed by atoms with Crippen LogP contribution in [-0.4, -0.2) is 17.0 Å². The molecule has 1 atom stereocenters. The molecular formula is C11H15BrO2S. The molecule has 15 heavy (non-hydrogen) atoms. The van der Waals surface area contributed by atoms with Gasteiger partial charge in [0.25, 0.3) is 0 Å². The van der Waals surface area contributed by atoms with Crippen molar-refractivity contribution < 1.29 is 9.90 Å². The van der Waals surface area contributed by atoms with Gasteiger partial charge in [0.15, 0.2) is 5.78 Å². The molecule has 1 rings (SSSR count). The van der Waals surface area contributed by atoms with Gasteiger partial charge in [-0.3, -0.25) is 4.79 Å². The highest BCUT2D eigenvalue weighted by molar-refractivity contribution is 9.10. The average molecular weight is 291 g/mol. The summed E-state index contributed by atoms with van der Waals surface area (Å²) in [5.41, 5.74) is -0.388. The Bertz CT molecular complexity index is 352. The minimum atomic E-state index is -0.897. The van der Waals surface area contributed by atoms with Crippen LogP contribution >= 0.6 is 27.3 Å². The maximum Gasteiger partial charge on any atom is 0.167 e. The van der Waals surface area contributed by atoms with Gasteiger partial charge in [0.2, 0.25) is 0 Å². The zero-order valence-electron chi connectivity index (χ0n) is 9.08. The largest absolute Gasteiger partial charge is 0.385 e. The number of Topliss-reactive ketones (excluding diaryl/α,β-unsaturated/α-hetero) is 1. The Morgan fingerprint density at radius 2 is 2.20 bits per heavy atom. The fourth-order valence-electron chi connectivity index (χ4n) is 1.19. The van der Waals surface area contributed by atoms with E-state index in [0.29, 0.717) is 6.42 Å². The van der Waals surface area contributed by atoms with Crippen molar-refractivity contribution in [3.63, 3.8) is 0 Å². The minimum Gasteiger partial charge on any atom is -0.385 e. The van der Waals surface area contributed by atoms with Crippen LogP contribution in [0.25, 0.3) is 0 Å². The molecule has 1 aromatic heterocycles. The van der Waals surface area contributed by atoms with Gasteiger partial charge in [-0.2, -0.15) is 0 Å². The number of carbonyl (C=O) groups excluding carboxylic acids is 1. The monoisotopic (exact) mass is 290 g/mol. The van der Waals surface area contributed by atoms with Gasteiger partial charge in [-0.15, -0.1) is 11.3 Å². The molecule has 0 radical (unpaired) electrons. The Labute approximate surface area is 102 Å². The summed E-state index contributed by atoms with van der Waals surface area (Å²) in [6.07, 6.45) is -0.594. The number of thiophene rings is 1. The fraction of sp³-hybridized carbons (Fsp3) is 0.545. The van der Waals surface area contributed by atoms with Crippen LogP contribution in [0.5, 0.6) is 0 Å². The molecule has 0 bridgehead atoms. The number of aliphatic hydroxyl groups excluding tert-OH is 1. The van der Waals surface area contributed by atoms with Crippen molar-refractivity contribution in [2.24, 2.45) is 5.41 Å². The van der Waals surface area contributed by atoms with E-state index in [1.807, 2.05) is 32.2 Å². The molecular weight excluding hydrogens is 276 g/mol. The van der Waals surface area contributed by atoms with Crippen molar-refractivity contribution in [1.82, 2.24) is 0 Å². The van der Waals surface area contributed by atoms with Crippen molar-refractivity contribution in [1.29, 1.82) is 0 Å². The minimum absolute atomic E-state index is 0.120. The first-order valence-corrected chi connectivity index (χ1v) is 6.42. The molecule has 84 valence electrons. The Morgan fingerprint density at radius 1 is 1.60 bits per heavy atom. The first kappa shape index (κ1) is 12.9. The molecule has 0 spiro atoms. The number of carbonyl (C=O) groups is 1. The van der Waals surface area contributed by atoms with E-state index < -0.39 is 6.10 Å². The lowest BCUT2D eigenvalue weighted by Gasteiger charge is -2.24. The smallest absolute Gasteiger partial charge is 0.167 e. The number of hydrogen-bond donors (Lipinski definition) is 1. The van der Waals surface area contributed by atoms with Crippen LogP contribution in [0.3, 0.4) is 0 Å². The van der Waals surface area contributed by atoms with E-state index in [1.54, 1.807) is 0 Å². The van der Waals surface area contributed by atoms with Crippen LogP contribution in [0.15, 0.2) is 15.9 Å². The van der Waals surface area contributed by atoms with Gasteiger partial charge in [0.1, 0.15) is 6.10 Å². The van der Waals surface area contributed by atoms with Crippen molar-refractivity contribution in [3.05, 3.63) is 20.8 Å². The van der Waals surface area contributed by atoms with Gasteiger partial charge in [-0.05, 0) is 32.8 Å². The third kappa shape index (κ3) is 3.40. The highest BCUT2D eigenvalue weighted by atomic mass is 79.9. The number of ketones is 1. The van der Waals surface area contributed by atoms with Crippen molar-refractivity contribution in [2.75, 3.05) is 0 Å². The van der Waals surface area contributed by atoms with Crippen LogP contribution in [0.1, 0.15) is 25.6 Å². The van der Waals surface area contributed by atoms with Crippen LogP contribution in [0, 0.1) is 5.41 Å². The van der Waals surface area contributed by atoms with Gasteiger partial charge < -0.3 is 5.11 Å². The van der Waals surface area contributed by atoms with Crippen LogP contribution < -0.4 is 0 Å². The zero-order valence-corrected chi connectivity index (χ0v) is 11.5. The predicted molar refractivity (Wildman–Crippen MR) is 66.2 cm³/mol. The second kappa shape index (κ2) is 4.76. The van der Waals surface area contributed by atoms with Gasteiger partial charge >= 0.3 is 0 Å². The third-order valence-corrected chi connectivity index (χ3v) is 4.08. The molecule has 0 aromatic carbocycles. The molecule has 1 heterocycles. The molecule has 0 aliphatic heterocycles. The van der Waals surface area contributed by atoms with Gasteiger partial charge in [-0.25, -0.2) is 0 Å². The van der Waals surface area contributed by atoms with E-state index in [4.69, 9.17) is 0 Å². The number of rotatable bonds is 3. The number of hydrogen-bond acceptors (Lipinski definition) is 3. The molecule has 0 fully saturated rings. The summed E-state index contributed by atoms with van der Waals surface area (Å²) < 4.78 is 0.946. The highest BCUT2D eigenvalue weighted by Gasteiger charge is 2.29. The van der Waals surface area contributed by atoms with Crippen LogP contribution in [0.4, 0.5) is 0 Å². The van der Waals surface area contributed by atoms with E-state index in [9.17, 15) is 9.90 Å². The Morgan fingerprint density at radius 3 is 2.60 bits per heavy atom. The lowest BCUT2D eigenvalue weighted by atomic mass is 9.85. The molecule has 4 heteroatoms. The van der Waals surface area contributed by atoms with Crippen molar-refractivity contribution in [2.45, 2.75) is 33.3 Å². The van der Waals surface area contributed by atoms with Gasteiger partial charge in [0.05, 0.1) is 0 Å². The summed E-state index contributed by atoms with van der Waals surface area (Å²) in [6, 6.07) is 1.91. The van der Waals surface area contributed by atoms with E-state index in [-0.39, 0.29) is 11.2 Å². The average Bonchev–Trinajstić information content (AvgIpc) is 2.49. The maximum absolute atomic E-state index is 11.7. The summed E-state index contributed by atoms with van der Waals surface area (Å²) in [7, 11) is 0. The summed E-state index contributed by atoms with van der Waals surface area (Å²) in [5, 5.41) is 11.7. The molecule has 0 aliphatic rings. The first-order valence-electron chi connectivity index (χ1n) is 4.75. The number of halogens is 1. The summed E-state index contributed by atoms with van der Waals surface area (Å²) in [4.78, 5) is 12.7. The Balaban J connectivity index is 2.69. The lowest BCUT2D eigenvalue weighted by Crippen LogP contribution is -2.35. The molecule has 0 amide bonds. The molecule has 0 saturated carbocycles. The Hall–Kier alpha value is -0.190. The number of aliphatic hydroxyl groups is 1. The molecule has 1 N–H and O–H groups in total. The summed E-state index contributed by atoms with van der Waals surface area (Å²) in [6.45, 7) is 5.58. The summed E-state index contributed by atoms with van der Waals surface area (Å²) >= 11 is 4.90. The second-order valence-corrected chi connectivity index (χ2v) is 6.46. The van der Waals surface area contributed by atoms with E-state index in [1.165, 1.54) is 11.3 Å². The van der Waals surface area contributed by atoms with Crippen LogP contribution in [0.2, 0.25) is 0 Å². The Kier molecular flexibility index (Phi) is 4.09. The molecule has 0 saturated heterocycles. The summed E-state index contributed by atoms with van der Waals surface area (Å²) in [5.74, 6) is -0.120. The second-order valence-electron chi connectivity index (χ2n) is 4.60. The maximum atomic E-state index is 11.7. The van der Waals surface area contributed by atoms with E-state index in [0.717, 1.165) is 9.35 Å². The quantitative estimate of drug-likeness (QED) is 0.929. The SMILES string of the molecule is CC(C)(C)C(O)C(=O)Cc1sccc1Br. The first-order chi connectivity index (χ1) is 6.82. The molecule has 0 aliphatic carbocycles. The third-order valence-electron chi connectivity index (χ3n) is 2.15. The van der Waals surface area contributed by atoms with Crippen molar-refractivity contribution in [3.8, 4) is 0 Å². The molecule has 1 unspecified atom stereocenters. The standard InChI is InChI=1S/C11H15BrO2S/c1-11(2,3)10(14)8(13)6-9-7(12)4-5-15-9/h4-5,10,14H,6H2,1-3H3. The fourth-order valence-corrected chi connectivity index (χ4v) is 2.69. The zero-order chi connectivity index (χ0) is 11.6. The van der Waals surface area contributed by atoms with Crippen molar-refractivity contribution >= 4 is 33.0 Å². The normalized spacial score (nSPS) is 13.9. The van der Waals surface area contributed by atoms with Crippen LogP contribution in [-0.2, 0) is 11.2 Å². The lowest BCUT2D eigenvalue weighted by molar-refractivity contribution is -0.131. The van der Waals surface area contributed by atoms with E-state index >= 15 is 0 Å². The van der Waals surface area contributed by atoms with E-state index in [2.05, 4.69) is 15.9 Å².